The second kappa shape index (κ2) is 8.07. The summed E-state index contributed by atoms with van der Waals surface area (Å²) in [5.41, 5.74) is 0. The van der Waals surface area contributed by atoms with Gasteiger partial charge in [0.25, 0.3) is 0 Å². The lowest BCUT2D eigenvalue weighted by atomic mass is 10.1. The van der Waals surface area contributed by atoms with E-state index in [0.717, 1.165) is 13.0 Å². The molecule has 0 bridgehead atoms. The van der Waals surface area contributed by atoms with Gasteiger partial charge in [-0.15, -0.1) is 0 Å². The molecule has 92 valence electrons. The van der Waals surface area contributed by atoms with E-state index in [-0.39, 0.29) is 5.75 Å². The highest BCUT2D eigenvalue weighted by Crippen LogP contribution is 2.03. The Kier molecular flexibility index (Phi) is 8.00. The maximum absolute atomic E-state index is 10.7. The molecule has 0 saturated carbocycles. The Bertz CT molecular complexity index is 240. The summed E-state index contributed by atoms with van der Waals surface area (Å²) in [7, 11) is -3.29. The standard InChI is InChI=1S/C10H24N2O2S/c1-3-5-7-10(4-2)12-8-6-9-15(11,13)14/h10,12H,3-9H2,1-2H3,(H2,11,13,14). The van der Waals surface area contributed by atoms with Crippen molar-refractivity contribution in [1.29, 1.82) is 0 Å². The quantitative estimate of drug-likeness (QED) is 0.591. The van der Waals surface area contributed by atoms with Crippen molar-refractivity contribution >= 4 is 10.0 Å². The van der Waals surface area contributed by atoms with Gasteiger partial charge in [-0.1, -0.05) is 26.7 Å². The fourth-order valence-corrected chi connectivity index (χ4v) is 2.03. The normalized spacial score (nSPS) is 14.1. The maximum Gasteiger partial charge on any atom is 0.209 e. The van der Waals surface area contributed by atoms with Gasteiger partial charge in [0.05, 0.1) is 5.75 Å². The number of hydrogen-bond donors (Lipinski definition) is 2. The van der Waals surface area contributed by atoms with Crippen LogP contribution >= 0.6 is 0 Å². The van der Waals surface area contributed by atoms with E-state index >= 15 is 0 Å². The first-order valence-corrected chi connectivity index (χ1v) is 7.45. The van der Waals surface area contributed by atoms with Gasteiger partial charge in [0.2, 0.25) is 10.0 Å². The van der Waals surface area contributed by atoms with Crippen molar-refractivity contribution in [3.8, 4) is 0 Å². The maximum atomic E-state index is 10.7. The van der Waals surface area contributed by atoms with Gasteiger partial charge in [0.1, 0.15) is 0 Å². The minimum atomic E-state index is -3.29. The third-order valence-corrected chi connectivity index (χ3v) is 3.30. The molecular weight excluding hydrogens is 212 g/mol. The fourth-order valence-electron chi connectivity index (χ4n) is 1.48. The van der Waals surface area contributed by atoms with Gasteiger partial charge in [-0.3, -0.25) is 0 Å². The highest BCUT2D eigenvalue weighted by molar-refractivity contribution is 7.89. The lowest BCUT2D eigenvalue weighted by molar-refractivity contribution is 0.453. The van der Waals surface area contributed by atoms with E-state index in [1.807, 2.05) is 0 Å². The van der Waals surface area contributed by atoms with Crippen LogP contribution in [0.25, 0.3) is 0 Å². The van der Waals surface area contributed by atoms with E-state index in [1.54, 1.807) is 0 Å². The molecule has 15 heavy (non-hydrogen) atoms. The molecule has 0 amide bonds. The van der Waals surface area contributed by atoms with Gasteiger partial charge < -0.3 is 5.32 Å². The zero-order valence-electron chi connectivity index (χ0n) is 9.83. The van der Waals surface area contributed by atoms with Gasteiger partial charge in [-0.25, -0.2) is 13.6 Å². The summed E-state index contributed by atoms with van der Waals surface area (Å²) in [5, 5.41) is 8.27. The molecule has 0 rings (SSSR count). The molecule has 0 spiro atoms. The molecular formula is C10H24N2O2S. The number of nitrogens with one attached hydrogen (secondary N) is 1. The van der Waals surface area contributed by atoms with Crippen molar-refractivity contribution in [3.05, 3.63) is 0 Å². The first-order valence-electron chi connectivity index (χ1n) is 5.73. The number of unbranched alkanes of at least 4 members (excludes halogenated alkanes) is 1. The molecule has 1 atom stereocenters. The summed E-state index contributed by atoms with van der Waals surface area (Å²) in [4.78, 5) is 0. The molecule has 0 aromatic carbocycles. The fraction of sp³-hybridized carbons (Fsp3) is 1.00. The zero-order chi connectivity index (χ0) is 11.7. The molecule has 1 unspecified atom stereocenters. The van der Waals surface area contributed by atoms with Crippen LogP contribution in [0.3, 0.4) is 0 Å². The van der Waals surface area contributed by atoms with Crippen LogP contribution in [-0.2, 0) is 10.0 Å². The number of hydrogen-bond acceptors (Lipinski definition) is 3. The average molecular weight is 236 g/mol. The Hall–Kier alpha value is -0.130. The molecule has 0 radical (unpaired) electrons. The highest BCUT2D eigenvalue weighted by Gasteiger charge is 2.06. The zero-order valence-corrected chi connectivity index (χ0v) is 10.6. The highest BCUT2D eigenvalue weighted by atomic mass is 32.2. The van der Waals surface area contributed by atoms with Crippen LogP contribution in [-0.4, -0.2) is 26.8 Å². The van der Waals surface area contributed by atoms with Crippen LogP contribution in [0, 0.1) is 0 Å². The van der Waals surface area contributed by atoms with E-state index in [4.69, 9.17) is 5.14 Å². The van der Waals surface area contributed by atoms with Gasteiger partial charge in [-0.2, -0.15) is 0 Å². The molecule has 0 heterocycles. The Morgan fingerprint density at radius 3 is 2.40 bits per heavy atom. The predicted molar refractivity (Wildman–Crippen MR) is 64.2 cm³/mol. The lowest BCUT2D eigenvalue weighted by Crippen LogP contribution is -2.31. The van der Waals surface area contributed by atoms with Gasteiger partial charge in [-0.05, 0) is 25.8 Å². The van der Waals surface area contributed by atoms with Gasteiger partial charge in [0, 0.05) is 6.04 Å². The van der Waals surface area contributed by atoms with E-state index in [1.165, 1.54) is 19.3 Å². The Morgan fingerprint density at radius 2 is 1.93 bits per heavy atom. The number of primary sulfonamides is 1. The Labute approximate surface area is 93.7 Å². The molecule has 3 N–H and O–H groups in total. The summed E-state index contributed by atoms with van der Waals surface area (Å²) in [6, 6.07) is 0.519. The van der Waals surface area contributed by atoms with Crippen LogP contribution in [0.1, 0.15) is 46.0 Å². The van der Waals surface area contributed by atoms with Gasteiger partial charge in [0.15, 0.2) is 0 Å². The number of sulfonamides is 1. The Morgan fingerprint density at radius 1 is 1.27 bits per heavy atom. The van der Waals surface area contributed by atoms with Crippen LogP contribution in [0.15, 0.2) is 0 Å². The van der Waals surface area contributed by atoms with Crippen molar-refractivity contribution in [1.82, 2.24) is 5.32 Å². The largest absolute Gasteiger partial charge is 0.314 e. The second-order valence-electron chi connectivity index (χ2n) is 3.92. The Balaban J connectivity index is 3.54. The summed E-state index contributed by atoms with van der Waals surface area (Å²) >= 11 is 0. The molecule has 0 aromatic heterocycles. The molecule has 0 fully saturated rings. The minimum absolute atomic E-state index is 0.0736. The number of rotatable bonds is 9. The lowest BCUT2D eigenvalue weighted by Gasteiger charge is -2.16. The van der Waals surface area contributed by atoms with E-state index < -0.39 is 10.0 Å². The van der Waals surface area contributed by atoms with Crippen molar-refractivity contribution in [3.63, 3.8) is 0 Å². The van der Waals surface area contributed by atoms with Gasteiger partial charge >= 0.3 is 0 Å². The average Bonchev–Trinajstić information content (AvgIpc) is 2.15. The van der Waals surface area contributed by atoms with E-state index in [2.05, 4.69) is 19.2 Å². The van der Waals surface area contributed by atoms with Crippen LogP contribution in [0.2, 0.25) is 0 Å². The molecule has 0 saturated heterocycles. The molecule has 0 aromatic rings. The second-order valence-corrected chi connectivity index (χ2v) is 5.66. The molecule has 5 heteroatoms. The third kappa shape index (κ3) is 10.2. The SMILES string of the molecule is CCCCC(CC)NCCCS(N)(=O)=O. The minimum Gasteiger partial charge on any atom is -0.314 e. The summed E-state index contributed by atoms with van der Waals surface area (Å²) in [6.07, 6.45) is 5.29. The van der Waals surface area contributed by atoms with Crippen molar-refractivity contribution < 1.29 is 8.42 Å². The third-order valence-electron chi connectivity index (χ3n) is 2.44. The van der Waals surface area contributed by atoms with Crippen LogP contribution in [0.5, 0.6) is 0 Å². The molecule has 0 aliphatic heterocycles. The first-order chi connectivity index (χ1) is 6.99. The van der Waals surface area contributed by atoms with Crippen molar-refractivity contribution in [2.45, 2.75) is 52.0 Å². The smallest absolute Gasteiger partial charge is 0.209 e. The van der Waals surface area contributed by atoms with Crippen LogP contribution in [0.4, 0.5) is 0 Å². The number of nitrogens with two attached hydrogens (primary N) is 1. The van der Waals surface area contributed by atoms with Crippen molar-refractivity contribution in [2.24, 2.45) is 5.14 Å². The summed E-state index contributed by atoms with van der Waals surface area (Å²) < 4.78 is 21.3. The molecule has 4 nitrogen and oxygen atoms in total. The van der Waals surface area contributed by atoms with Crippen molar-refractivity contribution in [2.75, 3.05) is 12.3 Å². The molecule has 0 aliphatic rings. The van der Waals surface area contributed by atoms with E-state index in [9.17, 15) is 8.42 Å². The topological polar surface area (TPSA) is 72.2 Å². The molecule has 0 aliphatic carbocycles. The van der Waals surface area contributed by atoms with Crippen LogP contribution < -0.4 is 10.5 Å². The van der Waals surface area contributed by atoms with E-state index in [0.29, 0.717) is 12.5 Å². The summed E-state index contributed by atoms with van der Waals surface area (Å²) in [5.74, 6) is 0.0736. The summed E-state index contributed by atoms with van der Waals surface area (Å²) in [6.45, 7) is 5.05. The first kappa shape index (κ1) is 14.9. The monoisotopic (exact) mass is 236 g/mol. The predicted octanol–water partition coefficient (Wildman–Crippen LogP) is 1.22.